The summed E-state index contributed by atoms with van der Waals surface area (Å²) in [6.07, 6.45) is 10.4. The number of nitrogens with one attached hydrogen (secondary N) is 1. The Hall–Kier alpha value is -1.60. The van der Waals surface area contributed by atoms with Crippen molar-refractivity contribution < 1.29 is 5.11 Å². The molecule has 0 radical (unpaired) electrons. The van der Waals surface area contributed by atoms with Gasteiger partial charge >= 0.3 is 0 Å². The SMILES string of the molecule is C#Cc1nccc(NC2CCC(O)CC2)n1. The zero-order valence-electron chi connectivity index (χ0n) is 9.06. The maximum Gasteiger partial charge on any atom is 0.206 e. The van der Waals surface area contributed by atoms with Crippen LogP contribution in [-0.2, 0) is 0 Å². The van der Waals surface area contributed by atoms with Gasteiger partial charge in [0.25, 0.3) is 0 Å². The van der Waals surface area contributed by atoms with Gasteiger partial charge in [-0.15, -0.1) is 6.42 Å². The summed E-state index contributed by atoms with van der Waals surface area (Å²) in [5.41, 5.74) is 0. The number of nitrogens with zero attached hydrogens (tertiary/aromatic N) is 2. The molecular weight excluding hydrogens is 202 g/mol. The molecule has 1 aliphatic carbocycles. The summed E-state index contributed by atoms with van der Waals surface area (Å²) >= 11 is 0. The minimum atomic E-state index is -0.135. The number of aromatic nitrogens is 2. The Kier molecular flexibility index (Phi) is 3.37. The highest BCUT2D eigenvalue weighted by molar-refractivity contribution is 5.36. The van der Waals surface area contributed by atoms with Crippen LogP contribution in [0.5, 0.6) is 0 Å². The quantitative estimate of drug-likeness (QED) is 0.730. The van der Waals surface area contributed by atoms with Gasteiger partial charge in [-0.3, -0.25) is 0 Å². The maximum absolute atomic E-state index is 9.40. The lowest BCUT2D eigenvalue weighted by atomic mass is 9.93. The molecule has 0 atom stereocenters. The molecule has 2 rings (SSSR count). The molecule has 16 heavy (non-hydrogen) atoms. The third-order valence-electron chi connectivity index (χ3n) is 2.83. The Labute approximate surface area is 95.1 Å². The summed E-state index contributed by atoms with van der Waals surface area (Å²) in [6.45, 7) is 0. The molecule has 0 aliphatic heterocycles. The van der Waals surface area contributed by atoms with Gasteiger partial charge in [0.15, 0.2) is 0 Å². The van der Waals surface area contributed by atoms with E-state index >= 15 is 0 Å². The molecule has 84 valence electrons. The zero-order chi connectivity index (χ0) is 11.4. The second-order valence-corrected chi connectivity index (χ2v) is 4.06. The lowest BCUT2D eigenvalue weighted by molar-refractivity contribution is 0.126. The highest BCUT2D eigenvalue weighted by Gasteiger charge is 2.19. The van der Waals surface area contributed by atoms with Crippen LogP contribution in [0, 0.1) is 12.3 Å². The van der Waals surface area contributed by atoms with Gasteiger partial charge in [-0.25, -0.2) is 9.97 Å². The van der Waals surface area contributed by atoms with Crippen molar-refractivity contribution in [3.8, 4) is 12.3 Å². The molecule has 1 heterocycles. The summed E-state index contributed by atoms with van der Waals surface area (Å²) in [5.74, 6) is 3.58. The van der Waals surface area contributed by atoms with Crippen molar-refractivity contribution in [2.24, 2.45) is 0 Å². The van der Waals surface area contributed by atoms with Crippen LogP contribution in [0.4, 0.5) is 5.82 Å². The van der Waals surface area contributed by atoms with Crippen molar-refractivity contribution >= 4 is 5.82 Å². The first kappa shape index (κ1) is 10.9. The predicted octanol–water partition coefficient (Wildman–Crippen LogP) is 1.17. The smallest absolute Gasteiger partial charge is 0.206 e. The first-order valence-electron chi connectivity index (χ1n) is 5.52. The number of aliphatic hydroxyl groups excluding tert-OH is 1. The molecule has 1 saturated carbocycles. The first-order valence-corrected chi connectivity index (χ1v) is 5.52. The minimum absolute atomic E-state index is 0.135. The van der Waals surface area contributed by atoms with Gasteiger partial charge in [-0.05, 0) is 37.7 Å². The van der Waals surface area contributed by atoms with Crippen molar-refractivity contribution in [3.05, 3.63) is 18.1 Å². The molecule has 1 fully saturated rings. The van der Waals surface area contributed by atoms with Crippen LogP contribution in [0.15, 0.2) is 12.3 Å². The van der Waals surface area contributed by atoms with Gasteiger partial charge in [0.05, 0.1) is 6.10 Å². The van der Waals surface area contributed by atoms with Crippen molar-refractivity contribution in [1.82, 2.24) is 9.97 Å². The summed E-state index contributed by atoms with van der Waals surface area (Å²) in [6, 6.07) is 2.19. The third kappa shape index (κ3) is 2.71. The van der Waals surface area contributed by atoms with Crippen molar-refractivity contribution in [3.63, 3.8) is 0 Å². The van der Waals surface area contributed by atoms with Crippen LogP contribution in [-0.4, -0.2) is 27.2 Å². The first-order chi connectivity index (χ1) is 7.78. The molecule has 4 nitrogen and oxygen atoms in total. The van der Waals surface area contributed by atoms with E-state index in [0.29, 0.717) is 11.9 Å². The maximum atomic E-state index is 9.40. The van der Waals surface area contributed by atoms with Crippen molar-refractivity contribution in [1.29, 1.82) is 0 Å². The van der Waals surface area contributed by atoms with Crippen LogP contribution >= 0.6 is 0 Å². The molecule has 0 spiro atoms. The van der Waals surface area contributed by atoms with Crippen LogP contribution in [0.3, 0.4) is 0 Å². The monoisotopic (exact) mass is 217 g/mol. The number of aliphatic hydroxyl groups is 1. The van der Waals surface area contributed by atoms with Crippen LogP contribution in [0.2, 0.25) is 0 Å². The second kappa shape index (κ2) is 4.95. The van der Waals surface area contributed by atoms with E-state index in [9.17, 15) is 5.11 Å². The number of hydrogen-bond donors (Lipinski definition) is 2. The molecule has 0 saturated heterocycles. The predicted molar refractivity (Wildman–Crippen MR) is 61.9 cm³/mol. The van der Waals surface area contributed by atoms with Gasteiger partial charge in [0.2, 0.25) is 5.82 Å². The molecule has 0 amide bonds. The van der Waals surface area contributed by atoms with E-state index in [1.807, 2.05) is 6.07 Å². The molecular formula is C12H15N3O. The Balaban J connectivity index is 1.96. The van der Waals surface area contributed by atoms with E-state index in [0.717, 1.165) is 31.5 Å². The number of rotatable bonds is 2. The lowest BCUT2D eigenvalue weighted by Crippen LogP contribution is -2.28. The Morgan fingerprint density at radius 2 is 2.12 bits per heavy atom. The fourth-order valence-electron chi connectivity index (χ4n) is 1.94. The number of terminal acetylenes is 1. The van der Waals surface area contributed by atoms with Crippen molar-refractivity contribution in [2.75, 3.05) is 5.32 Å². The largest absolute Gasteiger partial charge is 0.393 e. The van der Waals surface area contributed by atoms with E-state index < -0.39 is 0 Å². The van der Waals surface area contributed by atoms with Gasteiger partial charge in [-0.1, -0.05) is 0 Å². The number of anilines is 1. The summed E-state index contributed by atoms with van der Waals surface area (Å²) in [7, 11) is 0. The minimum Gasteiger partial charge on any atom is -0.393 e. The van der Waals surface area contributed by atoms with Crippen molar-refractivity contribution in [2.45, 2.75) is 37.8 Å². The van der Waals surface area contributed by atoms with E-state index in [-0.39, 0.29) is 6.10 Å². The fourth-order valence-corrected chi connectivity index (χ4v) is 1.94. The Bertz CT molecular complexity index is 391. The molecule has 4 heteroatoms. The summed E-state index contributed by atoms with van der Waals surface area (Å²) in [5, 5.41) is 12.7. The molecule has 0 bridgehead atoms. The van der Waals surface area contributed by atoms with Gasteiger partial charge in [-0.2, -0.15) is 0 Å². The highest BCUT2D eigenvalue weighted by atomic mass is 16.3. The molecule has 1 aromatic heterocycles. The Morgan fingerprint density at radius 1 is 1.38 bits per heavy atom. The number of hydrogen-bond acceptors (Lipinski definition) is 4. The van der Waals surface area contributed by atoms with Gasteiger partial charge in [0.1, 0.15) is 5.82 Å². The van der Waals surface area contributed by atoms with Gasteiger partial charge in [0, 0.05) is 12.2 Å². The van der Waals surface area contributed by atoms with E-state index in [4.69, 9.17) is 6.42 Å². The summed E-state index contributed by atoms with van der Waals surface area (Å²) in [4.78, 5) is 8.12. The van der Waals surface area contributed by atoms with E-state index in [2.05, 4.69) is 21.2 Å². The molecule has 1 aromatic rings. The average Bonchev–Trinajstić information content (AvgIpc) is 2.32. The van der Waals surface area contributed by atoms with E-state index in [1.54, 1.807) is 6.20 Å². The molecule has 2 N–H and O–H groups in total. The molecule has 0 aromatic carbocycles. The van der Waals surface area contributed by atoms with Crippen LogP contribution in [0.25, 0.3) is 0 Å². The fraction of sp³-hybridized carbons (Fsp3) is 0.500. The average molecular weight is 217 g/mol. The van der Waals surface area contributed by atoms with Crippen LogP contribution < -0.4 is 5.32 Å². The topological polar surface area (TPSA) is 58.0 Å². The molecule has 0 unspecified atom stereocenters. The lowest BCUT2D eigenvalue weighted by Gasteiger charge is -2.26. The highest BCUT2D eigenvalue weighted by Crippen LogP contribution is 2.21. The Morgan fingerprint density at radius 3 is 2.81 bits per heavy atom. The second-order valence-electron chi connectivity index (χ2n) is 4.06. The summed E-state index contributed by atoms with van der Waals surface area (Å²) < 4.78 is 0. The normalized spacial score (nSPS) is 24.8. The van der Waals surface area contributed by atoms with Crippen LogP contribution in [0.1, 0.15) is 31.5 Å². The van der Waals surface area contributed by atoms with E-state index in [1.165, 1.54) is 0 Å². The standard InChI is InChI=1S/C12H15N3O/c1-2-11-13-8-7-12(15-11)14-9-3-5-10(16)6-4-9/h1,7-10,16H,3-6H2,(H,13,14,15). The third-order valence-corrected chi connectivity index (χ3v) is 2.83. The zero-order valence-corrected chi connectivity index (χ0v) is 9.06. The van der Waals surface area contributed by atoms with Gasteiger partial charge < -0.3 is 10.4 Å². The molecule has 1 aliphatic rings.